The van der Waals surface area contributed by atoms with Gasteiger partial charge >= 0.3 is 6.30 Å². The molecule has 0 aliphatic carbocycles. The summed E-state index contributed by atoms with van der Waals surface area (Å²) in [6.07, 6.45) is -2.48. The third kappa shape index (κ3) is 2.10. The first-order chi connectivity index (χ1) is 5.55. The average molecular weight is 182 g/mol. The van der Waals surface area contributed by atoms with Crippen molar-refractivity contribution in [2.24, 2.45) is 5.73 Å². The van der Waals surface area contributed by atoms with Gasteiger partial charge in [0, 0.05) is 12.6 Å². The van der Waals surface area contributed by atoms with Crippen molar-refractivity contribution in [2.75, 3.05) is 13.1 Å². The molecule has 1 aliphatic heterocycles. The summed E-state index contributed by atoms with van der Waals surface area (Å²) in [6.45, 7) is 0.464. The minimum absolute atomic E-state index is 0.133. The van der Waals surface area contributed by atoms with Gasteiger partial charge in [0.1, 0.15) is 0 Å². The van der Waals surface area contributed by atoms with E-state index in [0.717, 1.165) is 0 Å². The Morgan fingerprint density at radius 1 is 1.42 bits per heavy atom. The molecule has 2 nitrogen and oxygen atoms in total. The van der Waals surface area contributed by atoms with Crippen LogP contribution in [0.2, 0.25) is 0 Å². The van der Waals surface area contributed by atoms with E-state index in [1.54, 1.807) is 0 Å². The van der Waals surface area contributed by atoms with Gasteiger partial charge in [-0.05, 0) is 25.8 Å². The van der Waals surface area contributed by atoms with E-state index in [1.165, 1.54) is 0 Å². The first-order valence-electron chi connectivity index (χ1n) is 4.09. The SMILES string of the molecule is NCCC1CCCN1C(F)(F)F. The first kappa shape index (κ1) is 9.80. The molecule has 0 aromatic carbocycles. The maximum absolute atomic E-state index is 12.2. The van der Waals surface area contributed by atoms with Gasteiger partial charge in [-0.25, -0.2) is 4.90 Å². The van der Waals surface area contributed by atoms with E-state index in [2.05, 4.69) is 0 Å². The van der Waals surface area contributed by atoms with E-state index < -0.39 is 6.30 Å². The number of likely N-dealkylation sites (tertiary alicyclic amines) is 1. The zero-order valence-corrected chi connectivity index (χ0v) is 6.77. The summed E-state index contributed by atoms with van der Waals surface area (Å²) < 4.78 is 36.7. The predicted octanol–water partition coefficient (Wildman–Crippen LogP) is 1.32. The number of hydrogen-bond acceptors (Lipinski definition) is 2. The lowest BCUT2D eigenvalue weighted by molar-refractivity contribution is -0.250. The van der Waals surface area contributed by atoms with Crippen molar-refractivity contribution in [1.29, 1.82) is 0 Å². The van der Waals surface area contributed by atoms with E-state index >= 15 is 0 Å². The molecule has 72 valence electrons. The lowest BCUT2D eigenvalue weighted by Gasteiger charge is -2.25. The molecule has 0 aromatic rings. The highest BCUT2D eigenvalue weighted by atomic mass is 19.4. The molecular weight excluding hydrogens is 169 g/mol. The standard InChI is InChI=1S/C7H13F3N2/c8-7(9,10)12-5-1-2-6(12)3-4-11/h6H,1-5,11H2. The highest BCUT2D eigenvalue weighted by Crippen LogP contribution is 2.31. The molecule has 12 heavy (non-hydrogen) atoms. The second-order valence-electron chi connectivity index (χ2n) is 3.03. The zero-order chi connectivity index (χ0) is 9.19. The van der Waals surface area contributed by atoms with Crippen LogP contribution in [0.3, 0.4) is 0 Å². The van der Waals surface area contributed by atoms with Crippen LogP contribution in [-0.4, -0.2) is 30.3 Å². The van der Waals surface area contributed by atoms with Crippen molar-refractivity contribution < 1.29 is 13.2 Å². The van der Waals surface area contributed by atoms with E-state index in [1.807, 2.05) is 0 Å². The molecule has 0 radical (unpaired) electrons. The molecule has 0 spiro atoms. The topological polar surface area (TPSA) is 29.3 Å². The van der Waals surface area contributed by atoms with Gasteiger partial charge < -0.3 is 5.73 Å². The van der Waals surface area contributed by atoms with Crippen LogP contribution in [0.1, 0.15) is 19.3 Å². The molecule has 1 atom stereocenters. The van der Waals surface area contributed by atoms with Gasteiger partial charge in [0.2, 0.25) is 0 Å². The average Bonchev–Trinajstić information content (AvgIpc) is 2.34. The summed E-state index contributed by atoms with van der Waals surface area (Å²) in [5.74, 6) is 0. The van der Waals surface area contributed by atoms with Crippen molar-refractivity contribution in [3.63, 3.8) is 0 Å². The van der Waals surface area contributed by atoms with E-state index in [-0.39, 0.29) is 12.6 Å². The Labute approximate surface area is 69.5 Å². The predicted molar refractivity (Wildman–Crippen MR) is 39.5 cm³/mol. The number of halogens is 3. The molecule has 1 fully saturated rings. The fourth-order valence-electron chi connectivity index (χ4n) is 1.66. The summed E-state index contributed by atoms with van der Waals surface area (Å²) in [6, 6.07) is -0.380. The highest BCUT2D eigenvalue weighted by molar-refractivity contribution is 4.80. The van der Waals surface area contributed by atoms with Crippen molar-refractivity contribution in [3.05, 3.63) is 0 Å². The van der Waals surface area contributed by atoms with Crippen LogP contribution >= 0.6 is 0 Å². The van der Waals surface area contributed by atoms with Gasteiger partial charge in [-0.3, -0.25) is 0 Å². The van der Waals surface area contributed by atoms with Crippen LogP contribution in [0.15, 0.2) is 0 Å². The monoisotopic (exact) mass is 182 g/mol. The lowest BCUT2D eigenvalue weighted by atomic mass is 10.1. The molecule has 1 aliphatic rings. The van der Waals surface area contributed by atoms with Gasteiger partial charge in [-0.2, -0.15) is 13.2 Å². The molecular formula is C7H13F3N2. The summed E-state index contributed by atoms with van der Waals surface area (Å²) >= 11 is 0. The van der Waals surface area contributed by atoms with Crippen LogP contribution in [0.5, 0.6) is 0 Å². The summed E-state index contributed by atoms with van der Waals surface area (Å²) in [5.41, 5.74) is 5.22. The minimum atomic E-state index is -4.17. The van der Waals surface area contributed by atoms with Gasteiger partial charge in [0.25, 0.3) is 0 Å². The molecule has 2 N–H and O–H groups in total. The third-order valence-corrected chi connectivity index (χ3v) is 2.20. The largest absolute Gasteiger partial charge is 0.460 e. The Morgan fingerprint density at radius 2 is 2.08 bits per heavy atom. The van der Waals surface area contributed by atoms with E-state index in [9.17, 15) is 13.2 Å². The minimum Gasteiger partial charge on any atom is -0.330 e. The first-order valence-corrected chi connectivity index (χ1v) is 4.09. The molecule has 0 bridgehead atoms. The number of nitrogens with two attached hydrogens (primary N) is 1. The van der Waals surface area contributed by atoms with Gasteiger partial charge in [0.05, 0.1) is 0 Å². The van der Waals surface area contributed by atoms with Crippen molar-refractivity contribution in [1.82, 2.24) is 4.90 Å². The second-order valence-corrected chi connectivity index (χ2v) is 3.03. The molecule has 1 rings (SSSR count). The summed E-state index contributed by atoms with van der Waals surface area (Å²) in [7, 11) is 0. The molecule has 1 heterocycles. The molecule has 0 aromatic heterocycles. The lowest BCUT2D eigenvalue weighted by Crippen LogP contribution is -2.42. The van der Waals surface area contributed by atoms with Gasteiger partial charge in [-0.1, -0.05) is 0 Å². The summed E-state index contributed by atoms with van der Waals surface area (Å²) in [4.78, 5) is 0.597. The molecule has 0 amide bonds. The molecule has 1 unspecified atom stereocenters. The maximum atomic E-state index is 12.2. The Hall–Kier alpha value is -0.290. The quantitative estimate of drug-likeness (QED) is 0.652. The van der Waals surface area contributed by atoms with E-state index in [4.69, 9.17) is 5.73 Å². The molecule has 1 saturated heterocycles. The van der Waals surface area contributed by atoms with Crippen LogP contribution in [0, 0.1) is 0 Å². The highest BCUT2D eigenvalue weighted by Gasteiger charge is 2.43. The second kappa shape index (κ2) is 3.62. The zero-order valence-electron chi connectivity index (χ0n) is 6.77. The van der Waals surface area contributed by atoms with Gasteiger partial charge in [0.15, 0.2) is 0 Å². The number of alkyl halides is 3. The van der Waals surface area contributed by atoms with E-state index in [0.29, 0.717) is 30.7 Å². The normalized spacial score (nSPS) is 26.5. The van der Waals surface area contributed by atoms with Crippen LogP contribution in [0.4, 0.5) is 13.2 Å². The fourth-order valence-corrected chi connectivity index (χ4v) is 1.66. The van der Waals surface area contributed by atoms with Gasteiger partial charge in [-0.15, -0.1) is 0 Å². The Morgan fingerprint density at radius 3 is 2.58 bits per heavy atom. The van der Waals surface area contributed by atoms with Crippen LogP contribution in [0.25, 0.3) is 0 Å². The van der Waals surface area contributed by atoms with Crippen LogP contribution in [-0.2, 0) is 0 Å². The van der Waals surface area contributed by atoms with Crippen molar-refractivity contribution in [3.8, 4) is 0 Å². The molecule has 5 heteroatoms. The fraction of sp³-hybridized carbons (Fsp3) is 1.00. The summed E-state index contributed by atoms with van der Waals surface area (Å²) in [5, 5.41) is 0. The number of nitrogens with zero attached hydrogens (tertiary/aromatic N) is 1. The Kier molecular flexibility index (Phi) is 2.95. The number of hydrogen-bond donors (Lipinski definition) is 1. The van der Waals surface area contributed by atoms with Crippen molar-refractivity contribution >= 4 is 0 Å². The smallest absolute Gasteiger partial charge is 0.330 e. The number of rotatable bonds is 2. The Bertz CT molecular complexity index is 146. The third-order valence-electron chi connectivity index (χ3n) is 2.20. The van der Waals surface area contributed by atoms with Crippen molar-refractivity contribution in [2.45, 2.75) is 31.6 Å². The maximum Gasteiger partial charge on any atom is 0.460 e. The Balaban J connectivity index is 2.52. The van der Waals surface area contributed by atoms with Crippen LogP contribution < -0.4 is 5.73 Å². The molecule has 0 saturated carbocycles.